The highest BCUT2D eigenvalue weighted by Gasteiger charge is 2.76. The van der Waals surface area contributed by atoms with Gasteiger partial charge in [0.1, 0.15) is 54.9 Å². The van der Waals surface area contributed by atoms with Gasteiger partial charge in [-0.25, -0.2) is 9.59 Å². The van der Waals surface area contributed by atoms with Crippen molar-refractivity contribution in [2.75, 3.05) is 19.8 Å². The topological polar surface area (TPSA) is 368 Å². The average Bonchev–Trinajstić information content (AvgIpc) is 1.22. The van der Waals surface area contributed by atoms with Crippen molar-refractivity contribution in [1.29, 1.82) is 0 Å². The number of rotatable bonds is 14. The molecule has 12 N–H and O–H groups in total. The number of allylic oxidation sites excluding steroid dienone is 2. The molecule has 10 unspecified atom stereocenters. The minimum Gasteiger partial charge on any atom is -0.479 e. The van der Waals surface area contributed by atoms with Crippen molar-refractivity contribution in [2.24, 2.45) is 56.2 Å². The molecule has 0 spiro atoms. The highest BCUT2D eigenvalue weighted by atomic mass is 16.8. The van der Waals surface area contributed by atoms with E-state index in [0.29, 0.717) is 44.1 Å². The number of carboxylic acids is 1. The Labute approximate surface area is 473 Å². The molecular formula is C58H92O23. The quantitative estimate of drug-likeness (QED) is 0.0648. The van der Waals surface area contributed by atoms with Crippen LogP contribution in [-0.2, 0) is 52.3 Å². The number of aliphatic hydroxyl groups is 11. The third-order valence-corrected chi connectivity index (χ3v) is 21.6. The van der Waals surface area contributed by atoms with Crippen LogP contribution >= 0.6 is 0 Å². The van der Waals surface area contributed by atoms with Gasteiger partial charge in [-0.1, -0.05) is 80.0 Å². The van der Waals surface area contributed by atoms with Crippen LogP contribution in [0.4, 0.5) is 0 Å². The van der Waals surface area contributed by atoms with E-state index >= 15 is 0 Å². The zero-order valence-corrected chi connectivity index (χ0v) is 48.6. The Hall–Kier alpha value is -2.79. The summed E-state index contributed by atoms with van der Waals surface area (Å²) in [6, 6.07) is 0. The highest BCUT2D eigenvalue weighted by molar-refractivity contribution is 5.87. The summed E-state index contributed by atoms with van der Waals surface area (Å²) >= 11 is 0. The van der Waals surface area contributed by atoms with E-state index < -0.39 is 205 Å². The predicted molar refractivity (Wildman–Crippen MR) is 281 cm³/mol. The molecule has 0 radical (unpaired) electrons. The molecule has 3 aliphatic heterocycles. The van der Waals surface area contributed by atoms with E-state index in [0.717, 1.165) is 5.57 Å². The van der Waals surface area contributed by atoms with Crippen molar-refractivity contribution < 1.29 is 114 Å². The number of hydrogen-bond donors (Lipinski definition) is 12. The third-order valence-electron chi connectivity index (χ3n) is 21.6. The minimum atomic E-state index is -2.07. The molecule has 23 heteroatoms. The number of ether oxygens (including phenoxy) is 8. The Balaban J connectivity index is 1.13. The fourth-order valence-electron chi connectivity index (χ4n) is 16.5. The summed E-state index contributed by atoms with van der Waals surface area (Å²) in [5, 5.41) is 134. The third kappa shape index (κ3) is 10.6. The lowest BCUT2D eigenvalue weighted by molar-refractivity contribution is -0.344. The first-order valence-electron chi connectivity index (χ1n) is 28.9. The van der Waals surface area contributed by atoms with Crippen LogP contribution in [-0.4, -0.2) is 216 Å². The van der Waals surface area contributed by atoms with Gasteiger partial charge < -0.3 is 99.2 Å². The molecule has 81 heavy (non-hydrogen) atoms. The van der Waals surface area contributed by atoms with Gasteiger partial charge in [0.05, 0.1) is 61.7 Å². The Morgan fingerprint density at radius 3 is 1.95 bits per heavy atom. The van der Waals surface area contributed by atoms with E-state index in [9.17, 15) is 75.7 Å². The monoisotopic (exact) mass is 1160 g/mol. The molecular weight excluding hydrogens is 1060 g/mol. The van der Waals surface area contributed by atoms with Gasteiger partial charge in [0.15, 0.2) is 31.1 Å². The molecule has 462 valence electrons. The van der Waals surface area contributed by atoms with E-state index in [1.165, 1.54) is 0 Å². The second kappa shape index (κ2) is 23.5. The number of aliphatic hydroxyl groups excluding tert-OH is 11. The summed E-state index contributed by atoms with van der Waals surface area (Å²) in [5.41, 5.74) is -4.46. The molecule has 0 amide bonds. The van der Waals surface area contributed by atoms with Crippen LogP contribution in [0.25, 0.3) is 0 Å². The number of hydrogen-bond acceptors (Lipinski definition) is 22. The van der Waals surface area contributed by atoms with Crippen LogP contribution in [0.3, 0.4) is 0 Å². The fourth-order valence-corrected chi connectivity index (χ4v) is 16.5. The first-order chi connectivity index (χ1) is 37.8. The molecule has 0 aromatic rings. The molecule has 0 aromatic carbocycles. The maximum absolute atomic E-state index is 13.7. The predicted octanol–water partition coefficient (Wildman–Crippen LogP) is 0.733. The van der Waals surface area contributed by atoms with Crippen LogP contribution in [0.15, 0.2) is 23.3 Å². The van der Waals surface area contributed by atoms with Gasteiger partial charge in [-0.15, -0.1) is 0 Å². The lowest BCUT2D eigenvalue weighted by Gasteiger charge is -2.73. The van der Waals surface area contributed by atoms with Crippen LogP contribution in [0.1, 0.15) is 128 Å². The van der Waals surface area contributed by atoms with E-state index in [1.54, 1.807) is 33.8 Å². The second-order valence-corrected chi connectivity index (χ2v) is 27.0. The van der Waals surface area contributed by atoms with Gasteiger partial charge in [0.2, 0.25) is 0 Å². The molecule has 0 bridgehead atoms. The highest BCUT2D eigenvalue weighted by Crippen LogP contribution is 2.76. The Kier molecular flexibility index (Phi) is 18.6. The van der Waals surface area contributed by atoms with E-state index in [2.05, 4.69) is 19.9 Å². The summed E-state index contributed by atoms with van der Waals surface area (Å²) in [6.07, 6.45) is -23.8. The average molecular weight is 1160 g/mol. The zero-order chi connectivity index (χ0) is 60.0. The van der Waals surface area contributed by atoms with Crippen molar-refractivity contribution in [2.45, 2.75) is 244 Å². The van der Waals surface area contributed by atoms with Crippen molar-refractivity contribution in [3.8, 4) is 0 Å². The van der Waals surface area contributed by atoms with Crippen LogP contribution in [0.2, 0.25) is 0 Å². The van der Waals surface area contributed by atoms with E-state index in [4.69, 9.17) is 37.9 Å². The standard InChI is InChI=1S/C58H92O23/c1-12-26(4)49(73)80-45-46(81-48(72)25(2)3)58(24-61)28(21-53(45,5)6)27-13-14-36-55(9)17-16-37(54(7,8)35(55)15-18-56(36,10)57(27,11)43(68)44(58)69)78-51-32(75-52-41(67)40(66)38(64)34(23-60)77-52)20-31(39(65)42(79-51)47(70)71)74-50-30(63)19-29(62)33(22-59)76-50/h12-13,25,28-46,50-52,59-69H,14-24H2,1-11H3,(H,70,71)/b26-12-/t28?,29?,30-,31?,32?,33-,34?,35?,36?,37-,38-,39-,40?,41?,42?,43-,44+,45-,46-,50+,51+,52+,55-,56+,57-,58-/m0/s1. The molecule has 26 atom stereocenters. The van der Waals surface area contributed by atoms with Crippen LogP contribution in [0, 0.1) is 56.2 Å². The number of carbonyl (C=O) groups excluding carboxylic acids is 2. The lowest BCUT2D eigenvalue weighted by atomic mass is 9.32. The Bertz CT molecular complexity index is 2340. The number of carboxylic acid groups (broad SMARTS) is 1. The molecule has 0 aromatic heterocycles. The first kappa shape index (κ1) is 64.2. The van der Waals surface area contributed by atoms with Crippen molar-refractivity contribution in [1.82, 2.24) is 0 Å². The summed E-state index contributed by atoms with van der Waals surface area (Å²) in [6.45, 7) is 18.8. The van der Waals surface area contributed by atoms with Gasteiger partial charge >= 0.3 is 17.9 Å². The van der Waals surface area contributed by atoms with Gasteiger partial charge in [0, 0.05) is 29.2 Å². The number of fused-ring (bicyclic) bond motifs is 7. The molecule has 4 saturated carbocycles. The Morgan fingerprint density at radius 2 is 1.35 bits per heavy atom. The summed E-state index contributed by atoms with van der Waals surface area (Å²) in [5.74, 6) is -4.41. The molecule has 23 nitrogen and oxygen atoms in total. The summed E-state index contributed by atoms with van der Waals surface area (Å²) in [4.78, 5) is 40.4. The molecule has 5 aliphatic carbocycles. The van der Waals surface area contributed by atoms with Crippen molar-refractivity contribution >= 4 is 17.9 Å². The van der Waals surface area contributed by atoms with Gasteiger partial charge in [-0.2, -0.15) is 0 Å². The van der Waals surface area contributed by atoms with Gasteiger partial charge in [0.25, 0.3) is 0 Å². The van der Waals surface area contributed by atoms with Crippen molar-refractivity contribution in [3.63, 3.8) is 0 Å². The number of carbonyl (C=O) groups is 3. The SMILES string of the molecule is C/C=C(/C)C(=O)O[C@H]1[C@H](OC(=O)C(C)C)[C@@]2(CO)C(CC1(C)C)C1=CCC3[C@@]4(C)CC[C@H](O[C@@H]5OC(C(=O)O)[C@@H](O)C(O[C@@H]6O[C@@H](CO)C(O)C[C@@H]6O)CC5O[C@@H]5OC(CO)[C@H](O)C(O)C5O)C(C)(C)C4CC[C@@]3(C)[C@]1(C)[C@@H](O)[C@H]2O. The van der Waals surface area contributed by atoms with Crippen LogP contribution < -0.4 is 0 Å². The first-order valence-corrected chi connectivity index (χ1v) is 28.9. The normalized spacial score (nSPS) is 48.7. The summed E-state index contributed by atoms with van der Waals surface area (Å²) in [7, 11) is 0. The maximum atomic E-state index is 13.7. The van der Waals surface area contributed by atoms with Gasteiger partial charge in [-0.05, 0) is 86.4 Å². The minimum absolute atomic E-state index is 0.126. The number of esters is 2. The molecule has 3 heterocycles. The van der Waals surface area contributed by atoms with Crippen molar-refractivity contribution in [3.05, 3.63) is 23.3 Å². The Morgan fingerprint density at radius 1 is 0.704 bits per heavy atom. The largest absolute Gasteiger partial charge is 0.479 e. The molecule has 7 fully saturated rings. The maximum Gasteiger partial charge on any atom is 0.335 e. The second-order valence-electron chi connectivity index (χ2n) is 27.0. The smallest absolute Gasteiger partial charge is 0.335 e. The van der Waals surface area contributed by atoms with Crippen LogP contribution in [0.5, 0.6) is 0 Å². The molecule has 3 saturated heterocycles. The zero-order valence-electron chi connectivity index (χ0n) is 48.6. The van der Waals surface area contributed by atoms with E-state index in [-0.39, 0.29) is 18.3 Å². The summed E-state index contributed by atoms with van der Waals surface area (Å²) < 4.78 is 49.5. The van der Waals surface area contributed by atoms with E-state index in [1.807, 2.05) is 34.6 Å². The molecule has 8 rings (SSSR count). The lowest BCUT2D eigenvalue weighted by Crippen LogP contribution is -2.76. The molecule has 8 aliphatic rings. The van der Waals surface area contributed by atoms with Gasteiger partial charge in [-0.3, -0.25) is 4.79 Å². The number of aliphatic carboxylic acids is 1. The fraction of sp³-hybridized carbons (Fsp3) is 0.879.